The molecule has 13 heteroatoms. The minimum Gasteiger partial charge on any atom is -0.453 e. The Morgan fingerprint density at radius 3 is 2.52 bits per heavy atom. The summed E-state index contributed by atoms with van der Waals surface area (Å²) in [6, 6.07) is 13.6. The molecule has 0 bridgehead atoms. The molecule has 0 aliphatic heterocycles. The summed E-state index contributed by atoms with van der Waals surface area (Å²) >= 11 is 12.7. The maximum absolute atomic E-state index is 13.1. The second kappa shape index (κ2) is 13.1. The first-order valence-corrected chi connectivity index (χ1v) is 13.0. The predicted octanol–water partition coefficient (Wildman–Crippen LogP) is 5.52. The quantitative estimate of drug-likeness (QED) is 0.247. The van der Waals surface area contributed by atoms with Crippen LogP contribution in [0.3, 0.4) is 0 Å². The van der Waals surface area contributed by atoms with E-state index in [9.17, 15) is 9.59 Å². The van der Waals surface area contributed by atoms with Crippen LogP contribution >= 0.6 is 23.2 Å². The zero-order valence-corrected chi connectivity index (χ0v) is 23.4. The number of ether oxygens (including phenoxy) is 1. The van der Waals surface area contributed by atoms with Crippen molar-refractivity contribution in [2.24, 2.45) is 5.92 Å². The summed E-state index contributed by atoms with van der Waals surface area (Å²) in [5, 5.41) is 25.9. The van der Waals surface area contributed by atoms with Crippen LogP contribution in [0.2, 0.25) is 10.2 Å². The second-order valence-electron chi connectivity index (χ2n) is 9.15. The van der Waals surface area contributed by atoms with E-state index >= 15 is 0 Å². The van der Waals surface area contributed by atoms with Crippen molar-refractivity contribution in [3.63, 3.8) is 0 Å². The summed E-state index contributed by atoms with van der Waals surface area (Å²) in [5.74, 6) is -0.0917. The fraction of sp³-hybridized carbons (Fsp3) is 0.222. The maximum Gasteiger partial charge on any atom is 0.411 e. The maximum atomic E-state index is 13.1. The summed E-state index contributed by atoms with van der Waals surface area (Å²) in [7, 11) is 1.29. The molecule has 0 spiro atoms. The number of tetrazole rings is 1. The molecule has 206 valence electrons. The van der Waals surface area contributed by atoms with Gasteiger partial charge < -0.3 is 10.1 Å². The Morgan fingerprint density at radius 2 is 1.85 bits per heavy atom. The normalized spacial score (nSPS) is 11.9. The largest absolute Gasteiger partial charge is 0.453 e. The van der Waals surface area contributed by atoms with Crippen LogP contribution in [0.15, 0.2) is 60.9 Å². The van der Waals surface area contributed by atoms with Gasteiger partial charge in [-0.3, -0.25) is 10.1 Å². The first kappa shape index (κ1) is 28.7. The Labute approximate surface area is 240 Å². The van der Waals surface area contributed by atoms with Crippen LogP contribution in [0.5, 0.6) is 0 Å². The van der Waals surface area contributed by atoms with E-state index in [1.807, 2.05) is 6.07 Å². The van der Waals surface area contributed by atoms with Crippen molar-refractivity contribution >= 4 is 47.0 Å². The topological polar surface area (TPSA) is 137 Å². The molecule has 0 saturated heterocycles. The average Bonchev–Trinajstić information content (AvgIpc) is 3.47. The van der Waals surface area contributed by atoms with Crippen molar-refractivity contribution in [1.29, 1.82) is 0 Å². The molecule has 0 aliphatic carbocycles. The molecule has 0 radical (unpaired) electrons. The molecule has 2 heterocycles. The van der Waals surface area contributed by atoms with E-state index in [2.05, 4.69) is 54.9 Å². The first-order valence-electron chi connectivity index (χ1n) is 12.2. The lowest BCUT2D eigenvalue weighted by atomic mass is 9.97. The van der Waals surface area contributed by atoms with Crippen LogP contribution in [0.1, 0.15) is 37.4 Å². The molecule has 4 aromatic rings. The summed E-state index contributed by atoms with van der Waals surface area (Å²) in [4.78, 5) is 24.5. The molecule has 2 amide bonds. The third kappa shape index (κ3) is 7.39. The number of anilines is 1. The van der Waals surface area contributed by atoms with Gasteiger partial charge in [-0.2, -0.15) is 4.68 Å². The van der Waals surface area contributed by atoms with Gasteiger partial charge >= 0.3 is 6.09 Å². The lowest BCUT2D eigenvalue weighted by Crippen LogP contribution is -2.28. The predicted molar refractivity (Wildman–Crippen MR) is 152 cm³/mol. The zero-order chi connectivity index (χ0) is 28.6. The number of aromatic nitrogens is 6. The SMILES string of the molecule is COC(=O)Nc1ccc(-c2cc(C(CC(C)C)NC(=O)C=Cc3cc(Cl)ccc3-n3cnnn3)c(Cl)nn2)cc1. The minimum absolute atomic E-state index is 0.193. The lowest BCUT2D eigenvalue weighted by molar-refractivity contribution is -0.117. The molecule has 2 aromatic heterocycles. The van der Waals surface area contributed by atoms with E-state index in [1.54, 1.807) is 48.5 Å². The van der Waals surface area contributed by atoms with Gasteiger partial charge in [0.25, 0.3) is 0 Å². The second-order valence-corrected chi connectivity index (χ2v) is 9.95. The van der Waals surface area contributed by atoms with Crippen molar-refractivity contribution in [3.05, 3.63) is 82.2 Å². The Hall–Kier alpha value is -4.35. The third-order valence-electron chi connectivity index (χ3n) is 5.79. The van der Waals surface area contributed by atoms with Crippen LogP contribution < -0.4 is 10.6 Å². The van der Waals surface area contributed by atoms with Gasteiger partial charge in [-0.05, 0) is 65.2 Å². The van der Waals surface area contributed by atoms with E-state index in [0.717, 1.165) is 5.56 Å². The standard InChI is InChI=1S/C27H26Cl2N8O3/c1-16(2)12-23(32-25(38)11-6-18-13-19(28)7-10-24(18)37-15-30-35-36-37)21-14-22(33-34-26(21)29)17-4-8-20(9-5-17)31-27(39)40-3/h4-11,13-16,23H,12H2,1-3H3,(H,31,39)(H,32,38). The molecular weight excluding hydrogens is 555 g/mol. The van der Waals surface area contributed by atoms with Crippen molar-refractivity contribution in [2.45, 2.75) is 26.3 Å². The van der Waals surface area contributed by atoms with E-state index in [1.165, 1.54) is 24.2 Å². The Morgan fingerprint density at radius 1 is 1.07 bits per heavy atom. The van der Waals surface area contributed by atoms with Gasteiger partial charge in [0.15, 0.2) is 5.15 Å². The monoisotopic (exact) mass is 580 g/mol. The Bertz CT molecular complexity index is 1510. The molecule has 1 atom stereocenters. The van der Waals surface area contributed by atoms with Gasteiger partial charge in [0.05, 0.1) is 24.5 Å². The molecule has 11 nitrogen and oxygen atoms in total. The van der Waals surface area contributed by atoms with E-state index in [-0.39, 0.29) is 17.0 Å². The highest BCUT2D eigenvalue weighted by molar-refractivity contribution is 6.31. The first-order chi connectivity index (χ1) is 19.2. The zero-order valence-electron chi connectivity index (χ0n) is 21.9. The Balaban J connectivity index is 1.57. The molecular formula is C27H26Cl2N8O3. The number of hydrogen-bond donors (Lipinski definition) is 2. The van der Waals surface area contributed by atoms with Crippen LogP contribution in [0.4, 0.5) is 10.5 Å². The minimum atomic E-state index is -0.565. The van der Waals surface area contributed by atoms with Gasteiger partial charge in [-0.1, -0.05) is 49.2 Å². The lowest BCUT2D eigenvalue weighted by Gasteiger charge is -2.21. The number of amides is 2. The van der Waals surface area contributed by atoms with Gasteiger partial charge in [0.2, 0.25) is 5.91 Å². The van der Waals surface area contributed by atoms with Crippen molar-refractivity contribution in [3.8, 4) is 16.9 Å². The van der Waals surface area contributed by atoms with Crippen molar-refractivity contribution in [1.82, 2.24) is 35.7 Å². The third-order valence-corrected chi connectivity index (χ3v) is 6.32. The molecule has 0 saturated carbocycles. The molecule has 40 heavy (non-hydrogen) atoms. The number of carbonyl (C=O) groups excluding carboxylic acids is 2. The van der Waals surface area contributed by atoms with Crippen molar-refractivity contribution in [2.75, 3.05) is 12.4 Å². The smallest absolute Gasteiger partial charge is 0.411 e. The summed E-state index contributed by atoms with van der Waals surface area (Å²) in [5.41, 5.74) is 3.84. The van der Waals surface area contributed by atoms with Gasteiger partial charge in [-0.15, -0.1) is 15.3 Å². The summed E-state index contributed by atoms with van der Waals surface area (Å²) in [6.07, 6.45) is 4.57. The molecule has 2 aromatic carbocycles. The van der Waals surface area contributed by atoms with Crippen LogP contribution in [-0.4, -0.2) is 49.5 Å². The highest BCUT2D eigenvalue weighted by Crippen LogP contribution is 2.30. The van der Waals surface area contributed by atoms with Gasteiger partial charge in [-0.25, -0.2) is 4.79 Å². The number of benzene rings is 2. The van der Waals surface area contributed by atoms with Crippen LogP contribution in [-0.2, 0) is 9.53 Å². The number of hydrogen-bond acceptors (Lipinski definition) is 8. The van der Waals surface area contributed by atoms with Crippen LogP contribution in [0, 0.1) is 5.92 Å². The van der Waals surface area contributed by atoms with E-state index in [4.69, 9.17) is 23.2 Å². The molecule has 1 unspecified atom stereocenters. The summed E-state index contributed by atoms with van der Waals surface area (Å²) in [6.45, 7) is 4.10. The van der Waals surface area contributed by atoms with Crippen LogP contribution in [0.25, 0.3) is 23.0 Å². The van der Waals surface area contributed by atoms with E-state index in [0.29, 0.717) is 39.6 Å². The fourth-order valence-corrected chi connectivity index (χ4v) is 4.33. The molecule has 0 aliphatic rings. The summed E-state index contributed by atoms with van der Waals surface area (Å²) < 4.78 is 6.10. The van der Waals surface area contributed by atoms with E-state index < -0.39 is 12.1 Å². The highest BCUT2D eigenvalue weighted by atomic mass is 35.5. The number of nitrogens with one attached hydrogen (secondary N) is 2. The van der Waals surface area contributed by atoms with Gasteiger partial charge in [0, 0.05) is 33.5 Å². The molecule has 2 N–H and O–H groups in total. The molecule has 0 fully saturated rings. The Kier molecular flexibility index (Phi) is 9.41. The highest BCUT2D eigenvalue weighted by Gasteiger charge is 2.21. The number of nitrogens with zero attached hydrogens (tertiary/aromatic N) is 6. The average molecular weight is 581 g/mol. The number of rotatable bonds is 9. The number of halogens is 2. The van der Waals surface area contributed by atoms with Crippen molar-refractivity contribution < 1.29 is 14.3 Å². The van der Waals surface area contributed by atoms with Gasteiger partial charge in [0.1, 0.15) is 6.33 Å². The number of methoxy groups -OCH3 is 1. The fourth-order valence-electron chi connectivity index (χ4n) is 3.93. The molecule has 4 rings (SSSR count). The number of carbonyl (C=O) groups is 2.